The predicted octanol–water partition coefficient (Wildman–Crippen LogP) is 4.66. The molecule has 1 amide bonds. The second-order valence-electron chi connectivity index (χ2n) is 3.92. The van der Waals surface area contributed by atoms with Crippen LogP contribution in [0.2, 0.25) is 5.02 Å². The number of anilines is 1. The molecule has 0 radical (unpaired) electrons. The van der Waals surface area contributed by atoms with Crippen LogP contribution in [0, 0.1) is 6.92 Å². The summed E-state index contributed by atoms with van der Waals surface area (Å²) in [4.78, 5) is 12.0. The van der Waals surface area contributed by atoms with Crippen molar-refractivity contribution in [2.45, 2.75) is 6.92 Å². The van der Waals surface area contributed by atoms with Gasteiger partial charge < -0.3 is 5.32 Å². The van der Waals surface area contributed by atoms with Gasteiger partial charge >= 0.3 is 0 Å². The molecule has 0 aliphatic carbocycles. The Morgan fingerprint density at radius 1 is 1.17 bits per heavy atom. The quantitative estimate of drug-likeness (QED) is 0.855. The average Bonchev–Trinajstić information content (AvgIpc) is 2.34. The fraction of sp³-hybridized carbons (Fsp3) is 0.0714. The van der Waals surface area contributed by atoms with Crippen LogP contribution in [0.25, 0.3) is 0 Å². The molecule has 0 saturated heterocycles. The van der Waals surface area contributed by atoms with Gasteiger partial charge in [-0.15, -0.1) is 0 Å². The third kappa shape index (κ3) is 3.12. The van der Waals surface area contributed by atoms with Crippen molar-refractivity contribution < 1.29 is 4.79 Å². The molecule has 0 saturated carbocycles. The minimum Gasteiger partial charge on any atom is -0.322 e. The van der Waals surface area contributed by atoms with Crippen molar-refractivity contribution in [1.29, 1.82) is 0 Å². The van der Waals surface area contributed by atoms with Gasteiger partial charge in [-0.2, -0.15) is 0 Å². The minimum atomic E-state index is -0.151. The largest absolute Gasteiger partial charge is 0.322 e. The van der Waals surface area contributed by atoms with Crippen LogP contribution in [0.1, 0.15) is 15.9 Å². The Balaban J connectivity index is 2.16. The Labute approximate surface area is 119 Å². The Morgan fingerprint density at radius 3 is 2.44 bits per heavy atom. The lowest BCUT2D eigenvalue weighted by molar-refractivity contribution is 0.102. The van der Waals surface area contributed by atoms with Gasteiger partial charge in [-0.3, -0.25) is 4.79 Å². The lowest BCUT2D eigenvalue weighted by Crippen LogP contribution is -2.11. The normalized spacial score (nSPS) is 10.2. The molecule has 2 rings (SSSR count). The summed E-state index contributed by atoms with van der Waals surface area (Å²) < 4.78 is 0.942. The number of halogens is 2. The van der Waals surface area contributed by atoms with Crippen LogP contribution in [0.15, 0.2) is 46.9 Å². The highest BCUT2D eigenvalue weighted by Gasteiger charge is 2.06. The third-order valence-corrected chi connectivity index (χ3v) is 3.47. The number of nitrogens with one attached hydrogen (secondary N) is 1. The third-order valence-electron chi connectivity index (χ3n) is 2.54. The van der Waals surface area contributed by atoms with Crippen molar-refractivity contribution in [1.82, 2.24) is 0 Å². The van der Waals surface area contributed by atoms with Gasteiger partial charge in [-0.25, -0.2) is 0 Å². The highest BCUT2D eigenvalue weighted by Crippen LogP contribution is 2.20. The van der Waals surface area contributed by atoms with Crippen LogP contribution in [0.3, 0.4) is 0 Å². The maximum Gasteiger partial charge on any atom is 0.255 e. The van der Waals surface area contributed by atoms with Crippen LogP contribution in [0.5, 0.6) is 0 Å². The fourth-order valence-electron chi connectivity index (χ4n) is 1.48. The standard InChI is InChI=1S/C14H11BrClNO/c1-9-2-7-12(8-13(9)16)17-14(18)10-3-5-11(15)6-4-10/h2-8H,1H3,(H,17,18). The van der Waals surface area contributed by atoms with Crippen LogP contribution >= 0.6 is 27.5 Å². The molecule has 0 aliphatic heterocycles. The summed E-state index contributed by atoms with van der Waals surface area (Å²) >= 11 is 9.34. The number of aryl methyl sites for hydroxylation is 1. The van der Waals surface area contributed by atoms with Crippen LogP contribution in [0.4, 0.5) is 5.69 Å². The lowest BCUT2D eigenvalue weighted by Gasteiger charge is -2.07. The van der Waals surface area contributed by atoms with Crippen molar-refractivity contribution in [3.05, 3.63) is 63.1 Å². The van der Waals surface area contributed by atoms with E-state index in [-0.39, 0.29) is 5.91 Å². The maximum atomic E-state index is 12.0. The molecule has 2 aromatic carbocycles. The smallest absolute Gasteiger partial charge is 0.255 e. The molecule has 0 aliphatic rings. The van der Waals surface area contributed by atoms with Crippen molar-refractivity contribution in [2.24, 2.45) is 0 Å². The summed E-state index contributed by atoms with van der Waals surface area (Å²) in [5.74, 6) is -0.151. The van der Waals surface area contributed by atoms with E-state index in [1.54, 1.807) is 18.2 Å². The zero-order valence-electron chi connectivity index (χ0n) is 9.71. The van der Waals surface area contributed by atoms with E-state index in [1.165, 1.54) is 0 Å². The topological polar surface area (TPSA) is 29.1 Å². The molecule has 1 N–H and O–H groups in total. The highest BCUT2D eigenvalue weighted by atomic mass is 79.9. The predicted molar refractivity (Wildman–Crippen MR) is 78.3 cm³/mol. The van der Waals surface area contributed by atoms with Crippen LogP contribution < -0.4 is 5.32 Å². The van der Waals surface area contributed by atoms with Crippen molar-refractivity contribution in [3.8, 4) is 0 Å². The molecule has 92 valence electrons. The first kappa shape index (κ1) is 13.1. The van der Waals surface area contributed by atoms with Gasteiger partial charge in [0.2, 0.25) is 0 Å². The molecule has 0 spiro atoms. The van der Waals surface area contributed by atoms with E-state index in [9.17, 15) is 4.79 Å². The Kier molecular flexibility index (Phi) is 4.04. The zero-order valence-corrected chi connectivity index (χ0v) is 12.0. The number of amides is 1. The number of rotatable bonds is 2. The summed E-state index contributed by atoms with van der Waals surface area (Å²) in [5.41, 5.74) is 2.28. The van der Waals surface area contributed by atoms with E-state index in [4.69, 9.17) is 11.6 Å². The number of carbonyl (C=O) groups excluding carboxylic acids is 1. The lowest BCUT2D eigenvalue weighted by atomic mass is 10.2. The summed E-state index contributed by atoms with van der Waals surface area (Å²) in [6.07, 6.45) is 0. The number of hydrogen-bond acceptors (Lipinski definition) is 1. The maximum absolute atomic E-state index is 12.0. The number of hydrogen-bond donors (Lipinski definition) is 1. The number of benzene rings is 2. The average molecular weight is 325 g/mol. The molecule has 0 bridgehead atoms. The molecular weight excluding hydrogens is 314 g/mol. The second kappa shape index (κ2) is 5.55. The van der Waals surface area contributed by atoms with Gasteiger partial charge in [-0.1, -0.05) is 33.6 Å². The van der Waals surface area contributed by atoms with E-state index in [1.807, 2.05) is 31.2 Å². The molecule has 18 heavy (non-hydrogen) atoms. The van der Waals surface area contributed by atoms with Gasteiger partial charge in [0, 0.05) is 20.7 Å². The Hall–Kier alpha value is -1.32. The van der Waals surface area contributed by atoms with Crippen LogP contribution in [-0.4, -0.2) is 5.91 Å². The van der Waals surface area contributed by atoms with E-state index >= 15 is 0 Å². The van der Waals surface area contributed by atoms with Crippen LogP contribution in [-0.2, 0) is 0 Å². The monoisotopic (exact) mass is 323 g/mol. The molecule has 0 atom stereocenters. The van der Waals surface area contributed by atoms with Gasteiger partial charge in [0.1, 0.15) is 0 Å². The molecule has 0 fully saturated rings. The summed E-state index contributed by atoms with van der Waals surface area (Å²) in [5, 5.41) is 3.45. The van der Waals surface area contributed by atoms with Gasteiger partial charge in [0.25, 0.3) is 5.91 Å². The molecule has 0 unspecified atom stereocenters. The molecule has 2 nitrogen and oxygen atoms in total. The molecule has 4 heteroatoms. The molecule has 0 aromatic heterocycles. The van der Waals surface area contributed by atoms with Gasteiger partial charge in [0.05, 0.1) is 0 Å². The first-order valence-corrected chi connectivity index (χ1v) is 6.56. The number of carbonyl (C=O) groups is 1. The van der Waals surface area contributed by atoms with E-state index in [0.717, 1.165) is 10.0 Å². The van der Waals surface area contributed by atoms with E-state index in [2.05, 4.69) is 21.2 Å². The van der Waals surface area contributed by atoms with E-state index in [0.29, 0.717) is 16.3 Å². The van der Waals surface area contributed by atoms with Crippen molar-refractivity contribution >= 4 is 39.1 Å². The first-order chi connectivity index (χ1) is 8.56. The van der Waals surface area contributed by atoms with E-state index < -0.39 is 0 Å². The van der Waals surface area contributed by atoms with Crippen molar-refractivity contribution in [3.63, 3.8) is 0 Å². The SMILES string of the molecule is Cc1ccc(NC(=O)c2ccc(Br)cc2)cc1Cl. The first-order valence-electron chi connectivity index (χ1n) is 5.39. The zero-order chi connectivity index (χ0) is 13.1. The second-order valence-corrected chi connectivity index (χ2v) is 5.25. The van der Waals surface area contributed by atoms with Gasteiger partial charge in [-0.05, 0) is 48.9 Å². The van der Waals surface area contributed by atoms with Gasteiger partial charge in [0.15, 0.2) is 0 Å². The summed E-state index contributed by atoms with van der Waals surface area (Å²) in [6, 6.07) is 12.6. The molecule has 2 aromatic rings. The highest BCUT2D eigenvalue weighted by molar-refractivity contribution is 9.10. The Morgan fingerprint density at radius 2 is 1.83 bits per heavy atom. The Bertz CT molecular complexity index is 581. The fourth-order valence-corrected chi connectivity index (χ4v) is 1.92. The molecule has 0 heterocycles. The summed E-state index contributed by atoms with van der Waals surface area (Å²) in [6.45, 7) is 1.92. The molecular formula is C14H11BrClNO. The summed E-state index contributed by atoms with van der Waals surface area (Å²) in [7, 11) is 0. The minimum absolute atomic E-state index is 0.151. The van der Waals surface area contributed by atoms with Crippen molar-refractivity contribution in [2.75, 3.05) is 5.32 Å².